The van der Waals surface area contributed by atoms with E-state index >= 15 is 0 Å². The zero-order valence-corrected chi connectivity index (χ0v) is 12.5. The Balaban J connectivity index is 1.69. The number of nitrogens with one attached hydrogen (secondary N) is 1. The Kier molecular flexibility index (Phi) is 5.00. The fourth-order valence-corrected chi connectivity index (χ4v) is 2.19. The summed E-state index contributed by atoms with van der Waals surface area (Å²) in [6.07, 6.45) is 2.46. The van der Waals surface area contributed by atoms with Crippen LogP contribution in [0.15, 0.2) is 24.3 Å². The van der Waals surface area contributed by atoms with Crippen LogP contribution in [0, 0.1) is 5.82 Å². The van der Waals surface area contributed by atoms with Crippen molar-refractivity contribution in [2.24, 2.45) is 0 Å². The molecule has 1 aromatic rings. The van der Waals surface area contributed by atoms with Gasteiger partial charge in [0.25, 0.3) is 0 Å². The summed E-state index contributed by atoms with van der Waals surface area (Å²) in [4.78, 5) is 0. The molecule has 2 rings (SSSR count). The van der Waals surface area contributed by atoms with Crippen molar-refractivity contribution in [2.45, 2.75) is 51.4 Å². The third-order valence-electron chi connectivity index (χ3n) is 3.31. The Morgan fingerprint density at radius 1 is 1.20 bits per heavy atom. The summed E-state index contributed by atoms with van der Waals surface area (Å²) in [6, 6.07) is 6.09. The van der Waals surface area contributed by atoms with Gasteiger partial charge in [-0.15, -0.1) is 0 Å². The first kappa shape index (κ1) is 15.3. The number of ether oxygens (including phenoxy) is 2. The van der Waals surface area contributed by atoms with Gasteiger partial charge in [-0.25, -0.2) is 4.39 Å². The van der Waals surface area contributed by atoms with Gasteiger partial charge in [-0.3, -0.25) is 0 Å². The van der Waals surface area contributed by atoms with Crippen molar-refractivity contribution in [3.63, 3.8) is 0 Å². The van der Waals surface area contributed by atoms with E-state index in [2.05, 4.69) is 26.1 Å². The molecule has 0 bridgehead atoms. The minimum absolute atomic E-state index is 0.117. The van der Waals surface area contributed by atoms with Crippen LogP contribution in [0.3, 0.4) is 0 Å². The molecule has 4 heteroatoms. The first-order valence-electron chi connectivity index (χ1n) is 7.21. The number of benzene rings is 1. The molecule has 1 aliphatic heterocycles. The second-order valence-corrected chi connectivity index (χ2v) is 6.35. The summed E-state index contributed by atoms with van der Waals surface area (Å²) in [5.41, 5.74) is 0.117. The lowest BCUT2D eigenvalue weighted by Crippen LogP contribution is -2.41. The molecule has 20 heavy (non-hydrogen) atoms. The molecule has 0 aromatic heterocycles. The second kappa shape index (κ2) is 6.55. The van der Waals surface area contributed by atoms with Crippen LogP contribution >= 0.6 is 0 Å². The Labute approximate surface area is 120 Å². The number of rotatable bonds is 5. The van der Waals surface area contributed by atoms with E-state index in [1.807, 2.05) is 0 Å². The highest BCUT2D eigenvalue weighted by molar-refractivity contribution is 5.22. The molecule has 112 valence electrons. The lowest BCUT2D eigenvalue weighted by Gasteiger charge is -2.23. The second-order valence-electron chi connectivity index (χ2n) is 6.35. The van der Waals surface area contributed by atoms with Gasteiger partial charge in [0.1, 0.15) is 18.2 Å². The summed E-state index contributed by atoms with van der Waals surface area (Å²) in [6.45, 7) is 7.85. The van der Waals surface area contributed by atoms with Crippen molar-refractivity contribution in [1.82, 2.24) is 5.32 Å². The monoisotopic (exact) mass is 281 g/mol. The first-order chi connectivity index (χ1) is 9.42. The number of halogens is 1. The molecule has 2 atom stereocenters. The molecule has 0 radical (unpaired) electrons. The van der Waals surface area contributed by atoms with E-state index in [-0.39, 0.29) is 23.6 Å². The first-order valence-corrected chi connectivity index (χ1v) is 7.21. The van der Waals surface area contributed by atoms with Crippen molar-refractivity contribution < 1.29 is 13.9 Å². The van der Waals surface area contributed by atoms with E-state index in [4.69, 9.17) is 9.47 Å². The van der Waals surface area contributed by atoms with Crippen LogP contribution in [0.5, 0.6) is 5.75 Å². The zero-order chi connectivity index (χ0) is 14.6. The Morgan fingerprint density at radius 3 is 2.50 bits per heavy atom. The Bertz CT molecular complexity index is 413. The third kappa shape index (κ3) is 5.10. The molecule has 0 saturated carbocycles. The van der Waals surface area contributed by atoms with Crippen LogP contribution in [0.4, 0.5) is 4.39 Å². The quantitative estimate of drug-likeness (QED) is 0.899. The lowest BCUT2D eigenvalue weighted by atomic mass is 10.1. The van der Waals surface area contributed by atoms with Gasteiger partial charge in [0.05, 0.1) is 12.2 Å². The molecule has 1 fully saturated rings. The molecule has 2 unspecified atom stereocenters. The fourth-order valence-electron chi connectivity index (χ4n) is 2.19. The van der Waals surface area contributed by atoms with Crippen molar-refractivity contribution >= 4 is 0 Å². The molecule has 1 saturated heterocycles. The van der Waals surface area contributed by atoms with Crippen LogP contribution in [-0.2, 0) is 4.74 Å². The van der Waals surface area contributed by atoms with E-state index in [0.29, 0.717) is 12.4 Å². The Morgan fingerprint density at radius 2 is 1.85 bits per heavy atom. The maximum atomic E-state index is 12.8. The van der Waals surface area contributed by atoms with Crippen LogP contribution < -0.4 is 10.1 Å². The number of hydrogen-bond acceptors (Lipinski definition) is 3. The molecule has 0 amide bonds. The smallest absolute Gasteiger partial charge is 0.123 e. The van der Waals surface area contributed by atoms with Crippen LogP contribution in [0.25, 0.3) is 0 Å². The van der Waals surface area contributed by atoms with Crippen LogP contribution in [0.2, 0.25) is 0 Å². The average Bonchev–Trinajstić information content (AvgIpc) is 2.83. The van der Waals surface area contributed by atoms with Gasteiger partial charge in [-0.2, -0.15) is 0 Å². The van der Waals surface area contributed by atoms with Gasteiger partial charge in [0.15, 0.2) is 0 Å². The summed E-state index contributed by atoms with van der Waals surface area (Å²) < 4.78 is 24.3. The summed E-state index contributed by atoms with van der Waals surface area (Å²) in [5.74, 6) is 0.439. The van der Waals surface area contributed by atoms with Crippen molar-refractivity contribution in [3.05, 3.63) is 30.1 Å². The van der Waals surface area contributed by atoms with Gasteiger partial charge in [0.2, 0.25) is 0 Å². The number of hydrogen-bond donors (Lipinski definition) is 1. The standard InChI is InChI=1S/C16H24FNO2/c1-16(2,3)18-10-14-8-9-15(20-14)11-19-13-6-4-12(17)5-7-13/h4-7,14-15,18H,8-11H2,1-3H3. The largest absolute Gasteiger partial charge is 0.491 e. The zero-order valence-electron chi connectivity index (χ0n) is 12.5. The maximum absolute atomic E-state index is 12.8. The minimum Gasteiger partial charge on any atom is -0.491 e. The topological polar surface area (TPSA) is 30.5 Å². The molecule has 0 aliphatic carbocycles. The maximum Gasteiger partial charge on any atom is 0.123 e. The Hall–Kier alpha value is -1.13. The average molecular weight is 281 g/mol. The molecular formula is C16H24FNO2. The highest BCUT2D eigenvalue weighted by atomic mass is 19.1. The van der Waals surface area contributed by atoms with Gasteiger partial charge >= 0.3 is 0 Å². The van der Waals surface area contributed by atoms with E-state index in [1.54, 1.807) is 12.1 Å². The van der Waals surface area contributed by atoms with Crippen molar-refractivity contribution in [2.75, 3.05) is 13.2 Å². The highest BCUT2D eigenvalue weighted by Crippen LogP contribution is 2.21. The lowest BCUT2D eigenvalue weighted by molar-refractivity contribution is 0.0162. The summed E-state index contributed by atoms with van der Waals surface area (Å²) in [5, 5.41) is 3.46. The fraction of sp³-hybridized carbons (Fsp3) is 0.625. The molecule has 1 heterocycles. The van der Waals surface area contributed by atoms with Crippen molar-refractivity contribution in [3.8, 4) is 5.75 Å². The van der Waals surface area contributed by atoms with Gasteiger partial charge in [-0.1, -0.05) is 0 Å². The van der Waals surface area contributed by atoms with Gasteiger partial charge < -0.3 is 14.8 Å². The van der Waals surface area contributed by atoms with E-state index in [0.717, 1.165) is 19.4 Å². The summed E-state index contributed by atoms with van der Waals surface area (Å²) >= 11 is 0. The SMILES string of the molecule is CC(C)(C)NCC1CCC(COc2ccc(F)cc2)O1. The molecule has 1 aliphatic rings. The van der Waals surface area contributed by atoms with E-state index in [9.17, 15) is 4.39 Å². The van der Waals surface area contributed by atoms with Crippen LogP contribution in [-0.4, -0.2) is 30.9 Å². The predicted octanol–water partition coefficient (Wildman–Crippen LogP) is 3.14. The van der Waals surface area contributed by atoms with E-state index < -0.39 is 0 Å². The minimum atomic E-state index is -0.247. The van der Waals surface area contributed by atoms with E-state index in [1.165, 1.54) is 12.1 Å². The normalized spacial score (nSPS) is 23.0. The van der Waals surface area contributed by atoms with Crippen molar-refractivity contribution in [1.29, 1.82) is 0 Å². The molecule has 0 spiro atoms. The molecule has 3 nitrogen and oxygen atoms in total. The molecular weight excluding hydrogens is 257 g/mol. The summed E-state index contributed by atoms with van der Waals surface area (Å²) in [7, 11) is 0. The van der Waals surface area contributed by atoms with Crippen LogP contribution in [0.1, 0.15) is 33.6 Å². The molecule has 1 N–H and O–H groups in total. The predicted molar refractivity (Wildman–Crippen MR) is 77.5 cm³/mol. The highest BCUT2D eigenvalue weighted by Gasteiger charge is 2.26. The van der Waals surface area contributed by atoms with Gasteiger partial charge in [-0.05, 0) is 57.9 Å². The third-order valence-corrected chi connectivity index (χ3v) is 3.31. The van der Waals surface area contributed by atoms with Gasteiger partial charge in [0, 0.05) is 12.1 Å². The molecule has 1 aromatic carbocycles.